The largest absolute Gasteiger partial charge is 0.306 e. The number of hydrogen-bond donors (Lipinski definition) is 2. The minimum atomic E-state index is 0.0152. The van der Waals surface area contributed by atoms with E-state index < -0.39 is 0 Å². The Morgan fingerprint density at radius 2 is 2.16 bits per heavy atom. The van der Waals surface area contributed by atoms with Gasteiger partial charge in [0.1, 0.15) is 0 Å². The summed E-state index contributed by atoms with van der Waals surface area (Å²) in [7, 11) is 0. The molecule has 4 nitrogen and oxygen atoms in total. The lowest BCUT2D eigenvalue weighted by Crippen LogP contribution is -1.92. The van der Waals surface area contributed by atoms with Gasteiger partial charge in [-0.05, 0) is 38.1 Å². The maximum atomic E-state index is 11.4. The summed E-state index contributed by atoms with van der Waals surface area (Å²) >= 11 is 0. The number of benzene rings is 1. The van der Waals surface area contributed by atoms with Gasteiger partial charge in [-0.3, -0.25) is 9.89 Å². The Morgan fingerprint density at radius 1 is 1.42 bits per heavy atom. The molecule has 0 aliphatic rings. The SMILES string of the molecule is C=C/C(=C\C(C)=N)c1n[nH]c2ccc(C(C)=O)cc12. The van der Waals surface area contributed by atoms with Crippen molar-refractivity contribution in [1.29, 1.82) is 5.41 Å². The minimum Gasteiger partial charge on any atom is -0.306 e. The number of aromatic amines is 1. The predicted octanol–water partition coefficient (Wildman–Crippen LogP) is 3.37. The fourth-order valence-corrected chi connectivity index (χ4v) is 1.91. The second kappa shape index (κ2) is 5.02. The smallest absolute Gasteiger partial charge is 0.159 e. The maximum Gasteiger partial charge on any atom is 0.159 e. The Labute approximate surface area is 111 Å². The molecular weight excluding hydrogens is 238 g/mol. The number of Topliss-reactive ketones (excluding diaryl/α,β-unsaturated/α-hetero) is 1. The minimum absolute atomic E-state index is 0.0152. The van der Waals surface area contributed by atoms with Gasteiger partial charge in [-0.2, -0.15) is 5.10 Å². The van der Waals surface area contributed by atoms with Crippen LogP contribution in [0.15, 0.2) is 36.9 Å². The third-order valence-corrected chi connectivity index (χ3v) is 2.83. The van der Waals surface area contributed by atoms with Gasteiger partial charge in [0.05, 0.1) is 11.2 Å². The standard InChI is InChI=1S/C15H15N3O/c1-4-11(7-9(2)16)15-13-8-12(10(3)19)5-6-14(13)17-18-15/h4-8,16H,1H2,2-3H3,(H,17,18)/b11-7+,16-9?. The first kappa shape index (κ1) is 13.0. The number of nitrogens with one attached hydrogen (secondary N) is 2. The number of carbonyl (C=O) groups is 1. The van der Waals surface area contributed by atoms with E-state index in [4.69, 9.17) is 5.41 Å². The van der Waals surface area contributed by atoms with Crippen LogP contribution < -0.4 is 0 Å². The zero-order valence-corrected chi connectivity index (χ0v) is 10.9. The monoisotopic (exact) mass is 253 g/mol. The van der Waals surface area contributed by atoms with Gasteiger partial charge in [-0.25, -0.2) is 0 Å². The molecule has 0 bridgehead atoms. The van der Waals surface area contributed by atoms with Crippen molar-refractivity contribution in [2.24, 2.45) is 0 Å². The average molecular weight is 253 g/mol. The van der Waals surface area contributed by atoms with Crippen molar-refractivity contribution in [3.8, 4) is 0 Å². The molecule has 96 valence electrons. The van der Waals surface area contributed by atoms with Crippen molar-refractivity contribution in [2.45, 2.75) is 13.8 Å². The van der Waals surface area contributed by atoms with Crippen LogP contribution in [0.25, 0.3) is 16.5 Å². The highest BCUT2D eigenvalue weighted by molar-refractivity contribution is 6.04. The molecule has 0 saturated heterocycles. The summed E-state index contributed by atoms with van der Waals surface area (Å²) in [6.45, 7) is 6.98. The quantitative estimate of drug-likeness (QED) is 0.498. The van der Waals surface area contributed by atoms with Gasteiger partial charge < -0.3 is 5.41 Å². The number of nitrogens with zero attached hydrogens (tertiary/aromatic N) is 1. The maximum absolute atomic E-state index is 11.4. The zero-order chi connectivity index (χ0) is 14.0. The number of H-pyrrole nitrogens is 1. The molecule has 0 unspecified atom stereocenters. The summed E-state index contributed by atoms with van der Waals surface area (Å²) in [5, 5.41) is 15.6. The van der Waals surface area contributed by atoms with Crippen molar-refractivity contribution in [1.82, 2.24) is 10.2 Å². The van der Waals surface area contributed by atoms with Gasteiger partial charge in [0.15, 0.2) is 5.78 Å². The van der Waals surface area contributed by atoms with Crippen LogP contribution >= 0.6 is 0 Å². The fraction of sp³-hybridized carbons (Fsp3) is 0.133. The Hall–Kier alpha value is -2.49. The third kappa shape index (κ3) is 2.52. The Kier molecular flexibility index (Phi) is 3.42. The van der Waals surface area contributed by atoms with Crippen molar-refractivity contribution in [3.63, 3.8) is 0 Å². The molecule has 0 atom stereocenters. The lowest BCUT2D eigenvalue weighted by molar-refractivity contribution is 0.101. The van der Waals surface area contributed by atoms with E-state index in [1.54, 1.807) is 25.1 Å². The Morgan fingerprint density at radius 3 is 2.74 bits per heavy atom. The molecule has 1 heterocycles. The number of fused-ring (bicyclic) bond motifs is 1. The highest BCUT2D eigenvalue weighted by Crippen LogP contribution is 2.24. The van der Waals surface area contributed by atoms with Crippen molar-refractivity contribution < 1.29 is 4.79 Å². The van der Waals surface area contributed by atoms with Crippen molar-refractivity contribution >= 4 is 28.0 Å². The van der Waals surface area contributed by atoms with Gasteiger partial charge >= 0.3 is 0 Å². The molecule has 2 rings (SSSR count). The number of hydrogen-bond acceptors (Lipinski definition) is 3. The number of rotatable bonds is 4. The topological polar surface area (TPSA) is 69.6 Å². The van der Waals surface area contributed by atoms with Gasteiger partial charge in [-0.15, -0.1) is 0 Å². The summed E-state index contributed by atoms with van der Waals surface area (Å²) in [4.78, 5) is 11.4. The van der Waals surface area contributed by atoms with Crippen LogP contribution in [0.2, 0.25) is 0 Å². The molecule has 0 spiro atoms. The lowest BCUT2D eigenvalue weighted by atomic mass is 10.0. The fourth-order valence-electron chi connectivity index (χ4n) is 1.91. The van der Waals surface area contributed by atoms with Crippen LogP contribution in [0.3, 0.4) is 0 Å². The van der Waals surface area contributed by atoms with Gasteiger partial charge in [0, 0.05) is 22.2 Å². The van der Waals surface area contributed by atoms with E-state index in [2.05, 4.69) is 16.8 Å². The molecule has 2 N–H and O–H groups in total. The van der Waals surface area contributed by atoms with Gasteiger partial charge in [-0.1, -0.05) is 12.7 Å². The molecule has 0 amide bonds. The molecule has 1 aromatic heterocycles. The summed E-state index contributed by atoms with van der Waals surface area (Å²) < 4.78 is 0. The molecule has 0 radical (unpaired) electrons. The number of ketones is 1. The molecule has 0 fully saturated rings. The molecule has 0 aliphatic heterocycles. The second-order valence-electron chi connectivity index (χ2n) is 4.38. The van der Waals surface area contributed by atoms with E-state index in [0.717, 1.165) is 16.5 Å². The highest BCUT2D eigenvalue weighted by atomic mass is 16.1. The van der Waals surface area contributed by atoms with Crippen LogP contribution in [-0.2, 0) is 0 Å². The molecule has 19 heavy (non-hydrogen) atoms. The van der Waals surface area contributed by atoms with Crippen molar-refractivity contribution in [2.75, 3.05) is 0 Å². The predicted molar refractivity (Wildman–Crippen MR) is 77.7 cm³/mol. The van der Waals surface area contributed by atoms with E-state index in [-0.39, 0.29) is 5.78 Å². The van der Waals surface area contributed by atoms with Crippen molar-refractivity contribution in [3.05, 3.63) is 48.2 Å². The van der Waals surface area contributed by atoms with Crippen LogP contribution in [0.1, 0.15) is 29.9 Å². The first-order valence-electron chi connectivity index (χ1n) is 5.91. The molecule has 1 aromatic carbocycles. The number of aromatic nitrogens is 2. The first-order valence-corrected chi connectivity index (χ1v) is 5.91. The van der Waals surface area contributed by atoms with E-state index in [1.165, 1.54) is 6.92 Å². The summed E-state index contributed by atoms with van der Waals surface area (Å²) in [6, 6.07) is 5.42. The highest BCUT2D eigenvalue weighted by Gasteiger charge is 2.10. The third-order valence-electron chi connectivity index (χ3n) is 2.83. The van der Waals surface area contributed by atoms with Crippen LogP contribution in [0.4, 0.5) is 0 Å². The number of carbonyl (C=O) groups excluding carboxylic acids is 1. The summed E-state index contributed by atoms with van der Waals surface area (Å²) in [5.74, 6) is 0.0152. The van der Waals surface area contributed by atoms with Crippen LogP contribution in [0, 0.1) is 5.41 Å². The van der Waals surface area contributed by atoms with Gasteiger partial charge in [0.25, 0.3) is 0 Å². The lowest BCUT2D eigenvalue weighted by Gasteiger charge is -2.00. The summed E-state index contributed by atoms with van der Waals surface area (Å²) in [5.41, 5.74) is 3.40. The van der Waals surface area contributed by atoms with E-state index in [0.29, 0.717) is 17.0 Å². The summed E-state index contributed by atoms with van der Waals surface area (Å²) in [6.07, 6.45) is 3.36. The molecule has 0 aliphatic carbocycles. The second-order valence-corrected chi connectivity index (χ2v) is 4.38. The first-order chi connectivity index (χ1) is 9.02. The van der Waals surface area contributed by atoms with E-state index in [9.17, 15) is 4.79 Å². The Bertz CT molecular complexity index is 707. The molecule has 0 saturated carbocycles. The van der Waals surface area contributed by atoms with E-state index in [1.807, 2.05) is 12.1 Å². The molecule has 2 aromatic rings. The normalized spacial score (nSPS) is 11.6. The molecular formula is C15H15N3O. The average Bonchev–Trinajstić information content (AvgIpc) is 2.78. The van der Waals surface area contributed by atoms with Crippen LogP contribution in [-0.4, -0.2) is 21.7 Å². The number of allylic oxidation sites excluding steroid dienone is 3. The zero-order valence-electron chi connectivity index (χ0n) is 10.9. The van der Waals surface area contributed by atoms with E-state index >= 15 is 0 Å². The van der Waals surface area contributed by atoms with Gasteiger partial charge in [0.2, 0.25) is 0 Å². The molecule has 4 heteroatoms. The Balaban J connectivity index is 2.66. The van der Waals surface area contributed by atoms with Crippen LogP contribution in [0.5, 0.6) is 0 Å².